The molecule has 0 rings (SSSR count). The van der Waals surface area contributed by atoms with Crippen molar-refractivity contribution in [2.75, 3.05) is 0 Å². The van der Waals surface area contributed by atoms with Crippen LogP contribution in [0.1, 0.15) is 34.1 Å². The van der Waals surface area contributed by atoms with Crippen molar-refractivity contribution >= 4 is 5.97 Å². The highest BCUT2D eigenvalue weighted by Gasteiger charge is 2.22. The number of hydrogen-bond donors (Lipinski definition) is 1. The number of aliphatic hydroxyl groups excluding tert-OH is 1. The van der Waals surface area contributed by atoms with Gasteiger partial charge in [-0.1, -0.05) is 5.57 Å². The molecule has 0 heterocycles. The largest absolute Gasteiger partial charge is 0.458 e. The maximum Gasteiger partial charge on any atom is 0.335 e. The van der Waals surface area contributed by atoms with Crippen LogP contribution in [-0.2, 0) is 9.53 Å². The zero-order chi connectivity index (χ0) is 10.6. The van der Waals surface area contributed by atoms with Gasteiger partial charge < -0.3 is 9.84 Å². The Morgan fingerprint density at radius 3 is 2.31 bits per heavy atom. The highest BCUT2D eigenvalue weighted by Crippen LogP contribution is 2.11. The van der Waals surface area contributed by atoms with Gasteiger partial charge in [0.25, 0.3) is 0 Å². The van der Waals surface area contributed by atoms with Gasteiger partial charge in [0, 0.05) is 6.42 Å². The molecule has 0 radical (unpaired) electrons. The fourth-order valence-electron chi connectivity index (χ4n) is 0.783. The summed E-state index contributed by atoms with van der Waals surface area (Å²) in [6, 6.07) is 0. The third kappa shape index (κ3) is 6.34. The molecule has 3 nitrogen and oxygen atoms in total. The minimum Gasteiger partial charge on any atom is -0.458 e. The van der Waals surface area contributed by atoms with Gasteiger partial charge in [0.2, 0.25) is 0 Å². The average Bonchev–Trinajstić information content (AvgIpc) is 1.81. The fraction of sp³-hybridized carbons (Fsp3) is 0.700. The molecule has 0 amide bonds. The second-order valence-electron chi connectivity index (χ2n) is 4.21. The summed E-state index contributed by atoms with van der Waals surface area (Å²) in [4.78, 5) is 11.2. The lowest BCUT2D eigenvalue weighted by Gasteiger charge is -2.21. The molecule has 1 unspecified atom stereocenters. The molecule has 0 aliphatic carbocycles. The van der Waals surface area contributed by atoms with Crippen molar-refractivity contribution in [2.45, 2.75) is 45.8 Å². The minimum atomic E-state index is -1.09. The van der Waals surface area contributed by atoms with Crippen LogP contribution in [0.3, 0.4) is 0 Å². The summed E-state index contributed by atoms with van der Waals surface area (Å²) in [6.07, 6.45) is -0.828. The van der Waals surface area contributed by atoms with Gasteiger partial charge in [-0.15, -0.1) is 6.58 Å². The molecule has 0 saturated carbocycles. The van der Waals surface area contributed by atoms with Crippen LogP contribution in [0, 0.1) is 0 Å². The molecule has 13 heavy (non-hydrogen) atoms. The van der Waals surface area contributed by atoms with Crippen molar-refractivity contribution in [3.63, 3.8) is 0 Å². The first kappa shape index (κ1) is 12.2. The Balaban J connectivity index is 4.05. The quantitative estimate of drug-likeness (QED) is 0.538. The molecule has 0 aromatic heterocycles. The summed E-state index contributed by atoms with van der Waals surface area (Å²) < 4.78 is 4.97. The van der Waals surface area contributed by atoms with E-state index in [2.05, 4.69) is 6.58 Å². The Labute approximate surface area is 79.4 Å². The standard InChI is InChI=1S/C10H18O3/c1-7(2)6-8(11)9(12)13-10(3,4)5/h8,11H,1,6H2,2-5H3. The molecular formula is C10H18O3. The van der Waals surface area contributed by atoms with E-state index in [-0.39, 0.29) is 6.42 Å². The van der Waals surface area contributed by atoms with Crippen molar-refractivity contribution in [1.82, 2.24) is 0 Å². The number of esters is 1. The van der Waals surface area contributed by atoms with Gasteiger partial charge in [-0.3, -0.25) is 0 Å². The Morgan fingerprint density at radius 2 is 2.00 bits per heavy atom. The van der Waals surface area contributed by atoms with Crippen molar-refractivity contribution in [3.05, 3.63) is 12.2 Å². The zero-order valence-electron chi connectivity index (χ0n) is 8.76. The molecule has 0 fully saturated rings. The van der Waals surface area contributed by atoms with E-state index in [0.29, 0.717) is 0 Å². The fourth-order valence-corrected chi connectivity index (χ4v) is 0.783. The van der Waals surface area contributed by atoms with Gasteiger partial charge in [-0.25, -0.2) is 4.79 Å². The zero-order valence-corrected chi connectivity index (χ0v) is 8.76. The van der Waals surface area contributed by atoms with E-state index < -0.39 is 17.7 Å². The van der Waals surface area contributed by atoms with Gasteiger partial charge in [-0.2, -0.15) is 0 Å². The first-order valence-electron chi connectivity index (χ1n) is 4.27. The van der Waals surface area contributed by atoms with Crippen LogP contribution in [0.15, 0.2) is 12.2 Å². The lowest BCUT2D eigenvalue weighted by Crippen LogP contribution is -2.31. The van der Waals surface area contributed by atoms with Crippen LogP contribution in [0.25, 0.3) is 0 Å². The molecule has 3 heteroatoms. The van der Waals surface area contributed by atoms with E-state index in [4.69, 9.17) is 4.74 Å². The lowest BCUT2D eigenvalue weighted by molar-refractivity contribution is -0.164. The highest BCUT2D eigenvalue weighted by atomic mass is 16.6. The Kier molecular flexibility index (Phi) is 4.14. The van der Waals surface area contributed by atoms with Crippen LogP contribution < -0.4 is 0 Å². The van der Waals surface area contributed by atoms with Crippen molar-refractivity contribution in [2.24, 2.45) is 0 Å². The predicted molar refractivity (Wildman–Crippen MR) is 51.3 cm³/mol. The smallest absolute Gasteiger partial charge is 0.335 e. The second kappa shape index (κ2) is 4.42. The highest BCUT2D eigenvalue weighted by molar-refractivity contribution is 5.75. The van der Waals surface area contributed by atoms with Gasteiger partial charge in [-0.05, 0) is 27.7 Å². The third-order valence-corrected chi connectivity index (χ3v) is 1.22. The first-order valence-corrected chi connectivity index (χ1v) is 4.27. The molecule has 76 valence electrons. The predicted octanol–water partition coefficient (Wildman–Crippen LogP) is 1.66. The summed E-state index contributed by atoms with van der Waals surface area (Å²) in [6.45, 7) is 10.7. The van der Waals surface area contributed by atoms with Crippen LogP contribution >= 0.6 is 0 Å². The molecule has 0 aromatic carbocycles. The summed E-state index contributed by atoms with van der Waals surface area (Å²) >= 11 is 0. The number of carbonyl (C=O) groups is 1. The van der Waals surface area contributed by atoms with E-state index in [1.165, 1.54) is 0 Å². The first-order chi connectivity index (χ1) is 5.72. The molecule has 0 aliphatic rings. The summed E-state index contributed by atoms with van der Waals surface area (Å²) in [5.74, 6) is -0.588. The minimum absolute atomic E-state index is 0.259. The number of aliphatic hydroxyl groups is 1. The molecule has 0 bridgehead atoms. The molecule has 1 N–H and O–H groups in total. The second-order valence-corrected chi connectivity index (χ2v) is 4.21. The normalized spacial score (nSPS) is 13.6. The number of ether oxygens (including phenoxy) is 1. The maximum atomic E-state index is 11.2. The van der Waals surface area contributed by atoms with Crippen LogP contribution in [-0.4, -0.2) is 22.8 Å². The van der Waals surface area contributed by atoms with E-state index in [1.807, 2.05) is 0 Å². The van der Waals surface area contributed by atoms with Gasteiger partial charge in [0.1, 0.15) is 5.60 Å². The molecule has 0 spiro atoms. The van der Waals surface area contributed by atoms with E-state index >= 15 is 0 Å². The topological polar surface area (TPSA) is 46.5 Å². The van der Waals surface area contributed by atoms with Crippen LogP contribution in [0.4, 0.5) is 0 Å². The molecular weight excluding hydrogens is 168 g/mol. The van der Waals surface area contributed by atoms with Crippen molar-refractivity contribution in [3.8, 4) is 0 Å². The molecule has 0 aliphatic heterocycles. The summed E-state index contributed by atoms with van der Waals surface area (Å²) in [7, 11) is 0. The van der Waals surface area contributed by atoms with E-state index in [1.54, 1.807) is 27.7 Å². The van der Waals surface area contributed by atoms with Crippen LogP contribution in [0.5, 0.6) is 0 Å². The lowest BCUT2D eigenvalue weighted by atomic mass is 10.1. The average molecular weight is 186 g/mol. The van der Waals surface area contributed by atoms with Gasteiger partial charge in [0.15, 0.2) is 6.10 Å². The third-order valence-electron chi connectivity index (χ3n) is 1.22. The van der Waals surface area contributed by atoms with Gasteiger partial charge >= 0.3 is 5.97 Å². The SMILES string of the molecule is C=C(C)CC(O)C(=O)OC(C)(C)C. The van der Waals surface area contributed by atoms with Crippen molar-refractivity contribution < 1.29 is 14.6 Å². The molecule has 0 aromatic rings. The number of carbonyl (C=O) groups excluding carboxylic acids is 1. The van der Waals surface area contributed by atoms with Gasteiger partial charge in [0.05, 0.1) is 0 Å². The van der Waals surface area contributed by atoms with Crippen molar-refractivity contribution in [1.29, 1.82) is 0 Å². The van der Waals surface area contributed by atoms with E-state index in [0.717, 1.165) is 5.57 Å². The molecule has 0 saturated heterocycles. The van der Waals surface area contributed by atoms with E-state index in [9.17, 15) is 9.90 Å². The van der Waals surface area contributed by atoms with Crippen LogP contribution in [0.2, 0.25) is 0 Å². The Hall–Kier alpha value is -0.830. The maximum absolute atomic E-state index is 11.2. The summed E-state index contributed by atoms with van der Waals surface area (Å²) in [5.41, 5.74) is 0.214. The Morgan fingerprint density at radius 1 is 1.54 bits per heavy atom. The Bertz CT molecular complexity index is 201. The number of hydrogen-bond acceptors (Lipinski definition) is 3. The number of rotatable bonds is 3. The summed E-state index contributed by atoms with van der Waals surface area (Å²) in [5, 5.41) is 9.32. The monoisotopic (exact) mass is 186 g/mol. The molecule has 1 atom stereocenters.